The zero-order chi connectivity index (χ0) is 14.8. The number of aryl methyl sites for hydroxylation is 2. The van der Waals surface area contributed by atoms with Crippen LogP contribution in [0.2, 0.25) is 0 Å². The number of benzene rings is 3. The lowest BCUT2D eigenvalue weighted by Gasteiger charge is -2.13. The summed E-state index contributed by atoms with van der Waals surface area (Å²) in [6.45, 7) is 4.54. The molecule has 3 aromatic carbocycles. The molecule has 0 spiro atoms. The van der Waals surface area contributed by atoms with Crippen LogP contribution >= 0.6 is 22.7 Å². The van der Waals surface area contributed by atoms with E-state index in [1.807, 2.05) is 22.7 Å². The summed E-state index contributed by atoms with van der Waals surface area (Å²) in [6, 6.07) is 13.8. The van der Waals surface area contributed by atoms with E-state index in [0.29, 0.717) is 0 Å². The van der Waals surface area contributed by atoms with Gasteiger partial charge in [-0.25, -0.2) is 0 Å². The molecular formula is C20H14S2. The SMILES string of the molecule is Cc1c2cc3ccsc3cc2c(C)c2c1ccc1sccc12. The van der Waals surface area contributed by atoms with Crippen LogP contribution in [-0.4, -0.2) is 0 Å². The van der Waals surface area contributed by atoms with Crippen molar-refractivity contribution < 1.29 is 0 Å². The first-order valence-corrected chi connectivity index (χ1v) is 9.20. The minimum Gasteiger partial charge on any atom is -0.144 e. The van der Waals surface area contributed by atoms with E-state index in [4.69, 9.17) is 0 Å². The minimum atomic E-state index is 1.36. The molecule has 106 valence electrons. The van der Waals surface area contributed by atoms with Gasteiger partial charge in [-0.15, -0.1) is 22.7 Å². The molecule has 0 N–H and O–H groups in total. The normalized spacial score (nSPS) is 12.1. The Morgan fingerprint density at radius 1 is 0.636 bits per heavy atom. The molecule has 2 heteroatoms. The van der Waals surface area contributed by atoms with E-state index in [9.17, 15) is 0 Å². The topological polar surface area (TPSA) is 0 Å². The van der Waals surface area contributed by atoms with Gasteiger partial charge in [0.05, 0.1) is 0 Å². The average Bonchev–Trinajstić information content (AvgIpc) is 3.18. The highest BCUT2D eigenvalue weighted by molar-refractivity contribution is 7.17. The van der Waals surface area contributed by atoms with Crippen LogP contribution in [0.3, 0.4) is 0 Å². The molecule has 0 aliphatic heterocycles. The molecule has 0 saturated carbocycles. The molecule has 22 heavy (non-hydrogen) atoms. The Hall–Kier alpha value is -1.90. The first kappa shape index (κ1) is 12.6. The Morgan fingerprint density at radius 3 is 2.32 bits per heavy atom. The van der Waals surface area contributed by atoms with Crippen molar-refractivity contribution in [3.05, 3.63) is 58.3 Å². The average molecular weight is 318 g/mol. The van der Waals surface area contributed by atoms with Crippen molar-refractivity contribution >= 4 is 64.4 Å². The summed E-state index contributed by atoms with van der Waals surface area (Å²) in [7, 11) is 0. The highest BCUT2D eigenvalue weighted by Gasteiger charge is 2.13. The van der Waals surface area contributed by atoms with Crippen LogP contribution in [-0.2, 0) is 0 Å². The van der Waals surface area contributed by atoms with Crippen LogP contribution < -0.4 is 0 Å². The molecule has 0 bridgehead atoms. The van der Waals surface area contributed by atoms with Gasteiger partial charge in [-0.2, -0.15) is 0 Å². The molecule has 2 aromatic heterocycles. The number of hydrogen-bond donors (Lipinski definition) is 0. The van der Waals surface area contributed by atoms with Crippen molar-refractivity contribution in [2.45, 2.75) is 13.8 Å². The summed E-state index contributed by atoms with van der Waals surface area (Å²) < 4.78 is 2.76. The molecule has 0 saturated heterocycles. The minimum absolute atomic E-state index is 1.36. The predicted molar refractivity (Wildman–Crippen MR) is 102 cm³/mol. The van der Waals surface area contributed by atoms with Crippen molar-refractivity contribution in [1.82, 2.24) is 0 Å². The predicted octanol–water partition coefficient (Wildman–Crippen LogP) is 7.04. The van der Waals surface area contributed by atoms with Crippen LogP contribution in [0, 0.1) is 13.8 Å². The molecule has 0 fully saturated rings. The standard InChI is InChI=1S/C20H14S2/c1-11-14-3-4-18-15(6-8-21-18)20(14)12(2)17-10-19-13(5-7-22-19)9-16(11)17/h3-10H,1-2H3. The van der Waals surface area contributed by atoms with Crippen molar-refractivity contribution in [3.63, 3.8) is 0 Å². The van der Waals surface area contributed by atoms with E-state index in [0.717, 1.165) is 0 Å². The van der Waals surface area contributed by atoms with Crippen molar-refractivity contribution in [2.24, 2.45) is 0 Å². The molecule has 0 aliphatic carbocycles. The van der Waals surface area contributed by atoms with E-state index >= 15 is 0 Å². The fraction of sp³-hybridized carbons (Fsp3) is 0.100. The van der Waals surface area contributed by atoms with Gasteiger partial charge < -0.3 is 0 Å². The summed E-state index contributed by atoms with van der Waals surface area (Å²) in [5, 5.41) is 12.8. The van der Waals surface area contributed by atoms with Crippen LogP contribution in [0.15, 0.2) is 47.2 Å². The monoisotopic (exact) mass is 318 g/mol. The van der Waals surface area contributed by atoms with Gasteiger partial charge in [0.15, 0.2) is 0 Å². The zero-order valence-corrected chi connectivity index (χ0v) is 14.1. The fourth-order valence-corrected chi connectivity index (χ4v) is 5.27. The fourth-order valence-electron chi connectivity index (χ4n) is 3.67. The lowest BCUT2D eigenvalue weighted by molar-refractivity contribution is 1.55. The molecule has 0 nitrogen and oxygen atoms in total. The molecule has 0 amide bonds. The second kappa shape index (κ2) is 4.31. The third kappa shape index (κ3) is 1.52. The zero-order valence-electron chi connectivity index (χ0n) is 12.4. The smallest absolute Gasteiger partial charge is 0.0349 e. The van der Waals surface area contributed by atoms with Crippen LogP contribution in [0.4, 0.5) is 0 Å². The highest BCUT2D eigenvalue weighted by Crippen LogP contribution is 2.39. The molecular weight excluding hydrogens is 304 g/mol. The number of hydrogen-bond acceptors (Lipinski definition) is 2. The lowest BCUT2D eigenvalue weighted by Crippen LogP contribution is -1.88. The third-order valence-electron chi connectivity index (χ3n) is 4.81. The van der Waals surface area contributed by atoms with Crippen LogP contribution in [0.25, 0.3) is 41.7 Å². The Balaban J connectivity index is 2.13. The van der Waals surface area contributed by atoms with Gasteiger partial charge in [0.2, 0.25) is 0 Å². The van der Waals surface area contributed by atoms with Gasteiger partial charge in [0.1, 0.15) is 0 Å². The van der Waals surface area contributed by atoms with Crippen molar-refractivity contribution in [2.75, 3.05) is 0 Å². The van der Waals surface area contributed by atoms with Gasteiger partial charge in [0.25, 0.3) is 0 Å². The highest BCUT2D eigenvalue weighted by atomic mass is 32.1. The second-order valence-corrected chi connectivity index (χ2v) is 7.82. The van der Waals surface area contributed by atoms with Gasteiger partial charge in [-0.1, -0.05) is 6.07 Å². The summed E-state index contributed by atoms with van der Waals surface area (Å²) in [6.07, 6.45) is 0. The first-order chi connectivity index (χ1) is 10.7. The van der Waals surface area contributed by atoms with E-state index < -0.39 is 0 Å². The molecule has 5 rings (SSSR count). The lowest BCUT2D eigenvalue weighted by atomic mass is 9.91. The second-order valence-electron chi connectivity index (χ2n) is 5.93. The van der Waals surface area contributed by atoms with Gasteiger partial charge in [-0.05, 0) is 93.0 Å². The summed E-state index contributed by atoms with van der Waals surface area (Å²) in [5.74, 6) is 0. The van der Waals surface area contributed by atoms with Crippen molar-refractivity contribution in [3.8, 4) is 0 Å². The quantitative estimate of drug-likeness (QED) is 0.269. The number of thiophene rings is 2. The molecule has 0 radical (unpaired) electrons. The first-order valence-electron chi connectivity index (χ1n) is 7.44. The molecule has 0 aliphatic rings. The van der Waals surface area contributed by atoms with E-state index in [1.54, 1.807) is 0 Å². The molecule has 0 atom stereocenters. The van der Waals surface area contributed by atoms with Gasteiger partial charge in [0, 0.05) is 14.8 Å². The third-order valence-corrected chi connectivity index (χ3v) is 6.58. The van der Waals surface area contributed by atoms with E-state index in [-0.39, 0.29) is 0 Å². The summed E-state index contributed by atoms with van der Waals surface area (Å²) in [4.78, 5) is 0. The molecule has 0 unspecified atom stereocenters. The Morgan fingerprint density at radius 2 is 1.41 bits per heavy atom. The van der Waals surface area contributed by atoms with Gasteiger partial charge >= 0.3 is 0 Å². The Labute approximate surface area is 136 Å². The van der Waals surface area contributed by atoms with Crippen LogP contribution in [0.1, 0.15) is 11.1 Å². The summed E-state index contributed by atoms with van der Waals surface area (Å²) >= 11 is 3.66. The summed E-state index contributed by atoms with van der Waals surface area (Å²) in [5.41, 5.74) is 2.81. The molecule has 2 heterocycles. The number of fused-ring (bicyclic) bond motifs is 5. The number of rotatable bonds is 0. The van der Waals surface area contributed by atoms with E-state index in [2.05, 4.69) is 61.0 Å². The van der Waals surface area contributed by atoms with Crippen molar-refractivity contribution in [1.29, 1.82) is 0 Å². The maximum absolute atomic E-state index is 2.38. The van der Waals surface area contributed by atoms with Gasteiger partial charge in [-0.3, -0.25) is 0 Å². The molecule has 5 aromatic rings. The largest absolute Gasteiger partial charge is 0.144 e. The Bertz CT molecular complexity index is 1180. The maximum atomic E-state index is 2.38. The van der Waals surface area contributed by atoms with E-state index in [1.165, 1.54) is 52.8 Å². The maximum Gasteiger partial charge on any atom is 0.0349 e. The Kier molecular flexibility index (Phi) is 2.47. The van der Waals surface area contributed by atoms with Crippen LogP contribution in [0.5, 0.6) is 0 Å².